The van der Waals surface area contributed by atoms with Gasteiger partial charge in [0.15, 0.2) is 23.1 Å². The number of aliphatic hydroxyl groups is 1. The molecule has 2 rings (SSSR count). The average Bonchev–Trinajstić information content (AvgIpc) is 2.66. The molecule has 1 aliphatic carbocycles. The molecular formula is C21H24O6. The number of phenols is 1. The summed E-state index contributed by atoms with van der Waals surface area (Å²) < 4.78 is 10.1. The van der Waals surface area contributed by atoms with E-state index in [0.717, 1.165) is 0 Å². The minimum Gasteiger partial charge on any atom is -0.504 e. The van der Waals surface area contributed by atoms with Crippen LogP contribution in [0.4, 0.5) is 0 Å². The molecule has 0 unspecified atom stereocenters. The molecule has 27 heavy (non-hydrogen) atoms. The van der Waals surface area contributed by atoms with Gasteiger partial charge in [0.1, 0.15) is 11.9 Å². The van der Waals surface area contributed by atoms with Crippen molar-refractivity contribution >= 4 is 17.6 Å². The highest BCUT2D eigenvalue weighted by Crippen LogP contribution is 2.27. The average molecular weight is 372 g/mol. The van der Waals surface area contributed by atoms with Gasteiger partial charge in [-0.3, -0.25) is 9.59 Å². The van der Waals surface area contributed by atoms with Crippen LogP contribution in [0.5, 0.6) is 11.5 Å². The molecule has 0 aliphatic heterocycles. The van der Waals surface area contributed by atoms with Gasteiger partial charge in [-0.05, 0) is 54.7 Å². The normalized spacial score (nSPS) is 19.9. The van der Waals surface area contributed by atoms with Crippen LogP contribution in [0.15, 0.2) is 48.3 Å². The van der Waals surface area contributed by atoms with E-state index in [1.54, 1.807) is 30.4 Å². The van der Waals surface area contributed by atoms with Gasteiger partial charge in [0.05, 0.1) is 20.6 Å². The van der Waals surface area contributed by atoms with Crippen LogP contribution in [0.3, 0.4) is 0 Å². The van der Waals surface area contributed by atoms with Crippen molar-refractivity contribution in [2.24, 2.45) is 5.92 Å². The number of methoxy groups -OCH3 is 2. The Morgan fingerprint density at radius 1 is 1.15 bits per heavy atom. The van der Waals surface area contributed by atoms with Gasteiger partial charge >= 0.3 is 0 Å². The maximum atomic E-state index is 12.0. The first kappa shape index (κ1) is 20.5. The molecule has 6 nitrogen and oxygen atoms in total. The Morgan fingerprint density at radius 2 is 1.89 bits per heavy atom. The molecule has 0 amide bonds. The van der Waals surface area contributed by atoms with Gasteiger partial charge in [-0.1, -0.05) is 18.2 Å². The molecule has 0 fully saturated rings. The number of rotatable bonds is 8. The van der Waals surface area contributed by atoms with Gasteiger partial charge in [0, 0.05) is 0 Å². The number of phenolic OH excluding ortho intramolecular Hbond substituents is 1. The Kier molecular flexibility index (Phi) is 7.37. The molecule has 1 aromatic rings. The molecule has 144 valence electrons. The summed E-state index contributed by atoms with van der Waals surface area (Å²) in [6.45, 7) is 0. The van der Waals surface area contributed by atoms with Gasteiger partial charge in [-0.25, -0.2) is 0 Å². The van der Waals surface area contributed by atoms with E-state index in [4.69, 9.17) is 9.47 Å². The van der Waals surface area contributed by atoms with Crippen molar-refractivity contribution in [1.29, 1.82) is 0 Å². The fourth-order valence-corrected chi connectivity index (χ4v) is 2.76. The van der Waals surface area contributed by atoms with Gasteiger partial charge < -0.3 is 19.7 Å². The Balaban J connectivity index is 1.90. The molecule has 1 aliphatic rings. The lowest BCUT2D eigenvalue weighted by Gasteiger charge is -2.22. The first-order valence-electron chi connectivity index (χ1n) is 8.65. The van der Waals surface area contributed by atoms with E-state index in [-0.39, 0.29) is 29.7 Å². The van der Waals surface area contributed by atoms with Crippen LogP contribution in [-0.4, -0.2) is 42.1 Å². The van der Waals surface area contributed by atoms with Crippen molar-refractivity contribution in [2.45, 2.75) is 25.4 Å². The Hall–Kier alpha value is -2.86. The van der Waals surface area contributed by atoms with Crippen LogP contribution in [0.1, 0.15) is 24.8 Å². The lowest BCUT2D eigenvalue weighted by molar-refractivity contribution is -0.121. The van der Waals surface area contributed by atoms with E-state index < -0.39 is 6.10 Å². The summed E-state index contributed by atoms with van der Waals surface area (Å²) in [4.78, 5) is 23.9. The number of aliphatic hydroxyl groups excluding tert-OH is 1. The first-order chi connectivity index (χ1) is 12.9. The van der Waals surface area contributed by atoms with Crippen molar-refractivity contribution in [3.05, 3.63) is 53.8 Å². The number of hydrogen-bond acceptors (Lipinski definition) is 6. The maximum absolute atomic E-state index is 12.0. The summed E-state index contributed by atoms with van der Waals surface area (Å²) in [6, 6.07) is 4.71. The number of benzene rings is 1. The molecule has 0 radical (unpaired) electrons. The number of allylic oxidation sites excluding steroid dienone is 4. The zero-order chi connectivity index (χ0) is 19.8. The van der Waals surface area contributed by atoms with Crippen LogP contribution >= 0.6 is 0 Å². The second kappa shape index (κ2) is 9.73. The topological polar surface area (TPSA) is 93.1 Å². The number of carbonyl (C=O) groups is 2. The zero-order valence-corrected chi connectivity index (χ0v) is 15.4. The predicted molar refractivity (Wildman–Crippen MR) is 101 cm³/mol. The number of ketones is 2. The van der Waals surface area contributed by atoms with E-state index in [1.165, 1.54) is 32.4 Å². The molecule has 0 saturated heterocycles. The van der Waals surface area contributed by atoms with Crippen molar-refractivity contribution < 1.29 is 29.3 Å². The highest BCUT2D eigenvalue weighted by atomic mass is 16.5. The van der Waals surface area contributed by atoms with Crippen LogP contribution in [-0.2, 0) is 14.3 Å². The van der Waals surface area contributed by atoms with E-state index in [9.17, 15) is 19.8 Å². The van der Waals surface area contributed by atoms with Gasteiger partial charge in [0.25, 0.3) is 0 Å². The van der Waals surface area contributed by atoms with Gasteiger partial charge in [-0.2, -0.15) is 0 Å². The largest absolute Gasteiger partial charge is 0.504 e. The summed E-state index contributed by atoms with van der Waals surface area (Å²) in [5, 5.41) is 19.3. The quantitative estimate of drug-likeness (QED) is 0.538. The monoisotopic (exact) mass is 372 g/mol. The predicted octanol–water partition coefficient (Wildman–Crippen LogP) is 2.80. The standard InChI is InChI=1S/C21H24O6/c1-26-20-11-14(5-9-18(20)24)3-7-16(22)13-17(23)8-4-15-6-10-19(25)21(12-15)27-2/h3-5,7-9,11-12,15,19,24-25H,6,10,13H2,1-2H3/b7-3+,8-4+/t15-,19+/m1/s1. The Bertz CT molecular complexity index is 775. The molecule has 6 heteroatoms. The smallest absolute Gasteiger partial charge is 0.163 e. The fraction of sp³-hybridized carbons (Fsp3) is 0.333. The third-order valence-corrected chi connectivity index (χ3v) is 4.26. The summed E-state index contributed by atoms with van der Waals surface area (Å²) in [6.07, 6.45) is 8.29. The third kappa shape index (κ3) is 6.11. The molecule has 0 spiro atoms. The van der Waals surface area contributed by atoms with E-state index in [0.29, 0.717) is 29.9 Å². The maximum Gasteiger partial charge on any atom is 0.163 e. The fourth-order valence-electron chi connectivity index (χ4n) is 2.76. The van der Waals surface area contributed by atoms with Crippen LogP contribution in [0.25, 0.3) is 6.08 Å². The molecule has 2 N–H and O–H groups in total. The molecule has 2 atom stereocenters. The number of aromatic hydroxyl groups is 1. The van der Waals surface area contributed by atoms with Crippen LogP contribution < -0.4 is 4.74 Å². The van der Waals surface area contributed by atoms with Gasteiger partial charge in [-0.15, -0.1) is 0 Å². The van der Waals surface area contributed by atoms with E-state index >= 15 is 0 Å². The van der Waals surface area contributed by atoms with Gasteiger partial charge in [0.2, 0.25) is 0 Å². The SMILES string of the molecule is COC1=C[C@H](/C=C/C(=O)CC(=O)/C=C/c2ccc(O)c(OC)c2)CC[C@@H]1O. The summed E-state index contributed by atoms with van der Waals surface area (Å²) in [7, 11) is 2.94. The highest BCUT2D eigenvalue weighted by Gasteiger charge is 2.20. The summed E-state index contributed by atoms with van der Waals surface area (Å²) >= 11 is 0. The Morgan fingerprint density at radius 3 is 2.59 bits per heavy atom. The molecular weight excluding hydrogens is 348 g/mol. The summed E-state index contributed by atoms with van der Waals surface area (Å²) in [5.74, 6) is 0.233. The second-order valence-electron chi connectivity index (χ2n) is 6.26. The van der Waals surface area contributed by atoms with E-state index in [2.05, 4.69) is 0 Å². The number of hydrogen-bond donors (Lipinski definition) is 2. The van der Waals surface area contributed by atoms with Crippen molar-refractivity contribution in [3.8, 4) is 11.5 Å². The molecule has 0 aromatic heterocycles. The number of ether oxygens (including phenoxy) is 2. The summed E-state index contributed by atoms with van der Waals surface area (Å²) in [5.41, 5.74) is 0.680. The highest BCUT2D eigenvalue weighted by molar-refractivity contribution is 6.09. The van der Waals surface area contributed by atoms with Crippen LogP contribution in [0, 0.1) is 5.92 Å². The third-order valence-electron chi connectivity index (χ3n) is 4.26. The van der Waals surface area contributed by atoms with Crippen molar-refractivity contribution in [2.75, 3.05) is 14.2 Å². The minimum absolute atomic E-state index is 0.00223. The second-order valence-corrected chi connectivity index (χ2v) is 6.26. The van der Waals surface area contributed by atoms with Crippen molar-refractivity contribution in [1.82, 2.24) is 0 Å². The lowest BCUT2D eigenvalue weighted by atomic mass is 9.92. The first-order valence-corrected chi connectivity index (χ1v) is 8.65. The van der Waals surface area contributed by atoms with Crippen LogP contribution in [0.2, 0.25) is 0 Å². The number of carbonyl (C=O) groups excluding carboxylic acids is 2. The van der Waals surface area contributed by atoms with Crippen molar-refractivity contribution in [3.63, 3.8) is 0 Å². The van der Waals surface area contributed by atoms with E-state index in [1.807, 2.05) is 0 Å². The zero-order valence-electron chi connectivity index (χ0n) is 15.4. The molecule has 0 heterocycles. The molecule has 1 aromatic carbocycles. The lowest BCUT2D eigenvalue weighted by Crippen LogP contribution is -2.19. The minimum atomic E-state index is -0.597. The molecule has 0 saturated carbocycles. The Labute approximate surface area is 158 Å². The molecule has 0 bridgehead atoms.